The van der Waals surface area contributed by atoms with E-state index < -0.39 is 11.3 Å². The zero-order valence-corrected chi connectivity index (χ0v) is 12.2. The Labute approximate surface area is 114 Å². The van der Waals surface area contributed by atoms with Crippen LogP contribution in [-0.2, 0) is 4.79 Å². The monoisotopic (exact) mass is 358 g/mol. The van der Waals surface area contributed by atoms with E-state index in [1.54, 1.807) is 4.90 Å². The average Bonchev–Trinajstić information content (AvgIpc) is 2.78. The number of carbonyl (C=O) groups is 1. The number of amides is 1. The highest BCUT2D eigenvalue weighted by molar-refractivity contribution is 14.1. The highest BCUT2D eigenvalue weighted by atomic mass is 127. The Kier molecular flexibility index (Phi) is 3.40. The third-order valence-electron chi connectivity index (χ3n) is 3.83. The second kappa shape index (κ2) is 4.29. The van der Waals surface area contributed by atoms with Crippen molar-refractivity contribution in [3.63, 3.8) is 0 Å². The van der Waals surface area contributed by atoms with E-state index in [0.717, 1.165) is 13.1 Å². The topological polar surface area (TPSA) is 23.6 Å². The zero-order chi connectivity index (χ0) is 12.8. The molecule has 0 bridgehead atoms. The van der Waals surface area contributed by atoms with Crippen LogP contribution >= 0.6 is 22.6 Å². The molecule has 17 heavy (non-hydrogen) atoms. The predicted molar refractivity (Wildman–Crippen MR) is 69.3 cm³/mol. The van der Waals surface area contributed by atoms with Gasteiger partial charge in [-0.25, -0.2) is 8.78 Å². The standard InChI is InChI=1S/C11H17F2IN2O/c1-8(14)15-3-5-16(6-4-15)9(17)10(2)7-11(10,12)13/h8H,3-7H2,1-2H3/t8-,10-/m0/s1. The second-order valence-corrected chi connectivity index (χ2v) is 6.92. The van der Waals surface area contributed by atoms with Crippen LogP contribution in [0.5, 0.6) is 0 Å². The van der Waals surface area contributed by atoms with Crippen molar-refractivity contribution in [3.05, 3.63) is 0 Å². The molecule has 3 nitrogen and oxygen atoms in total. The van der Waals surface area contributed by atoms with E-state index in [0.29, 0.717) is 17.1 Å². The molecule has 1 amide bonds. The van der Waals surface area contributed by atoms with Gasteiger partial charge in [0.05, 0.1) is 4.05 Å². The highest BCUT2D eigenvalue weighted by Gasteiger charge is 2.73. The minimum atomic E-state index is -2.79. The van der Waals surface area contributed by atoms with Crippen molar-refractivity contribution in [2.45, 2.75) is 30.2 Å². The molecule has 2 aliphatic rings. The van der Waals surface area contributed by atoms with Crippen LogP contribution in [0.25, 0.3) is 0 Å². The maximum Gasteiger partial charge on any atom is 0.263 e. The van der Waals surface area contributed by atoms with Gasteiger partial charge in [0.2, 0.25) is 5.91 Å². The first-order chi connectivity index (χ1) is 7.78. The number of carbonyl (C=O) groups excluding carboxylic acids is 1. The van der Waals surface area contributed by atoms with E-state index in [1.807, 2.05) is 0 Å². The van der Waals surface area contributed by atoms with Gasteiger partial charge in [-0.2, -0.15) is 0 Å². The molecule has 1 aliphatic carbocycles. The van der Waals surface area contributed by atoms with Gasteiger partial charge in [0.25, 0.3) is 5.92 Å². The maximum atomic E-state index is 13.1. The molecule has 0 radical (unpaired) electrons. The first-order valence-electron chi connectivity index (χ1n) is 5.83. The molecule has 2 fully saturated rings. The Bertz CT molecular complexity index is 329. The first-order valence-corrected chi connectivity index (χ1v) is 7.08. The Morgan fingerprint density at radius 1 is 1.29 bits per heavy atom. The van der Waals surface area contributed by atoms with E-state index in [2.05, 4.69) is 34.4 Å². The molecule has 6 heteroatoms. The molecule has 1 saturated heterocycles. The van der Waals surface area contributed by atoms with Gasteiger partial charge in [-0.3, -0.25) is 9.69 Å². The summed E-state index contributed by atoms with van der Waals surface area (Å²) in [6.45, 7) is 6.15. The van der Waals surface area contributed by atoms with Crippen molar-refractivity contribution in [2.75, 3.05) is 26.2 Å². The van der Waals surface area contributed by atoms with Crippen LogP contribution in [0.4, 0.5) is 8.78 Å². The van der Waals surface area contributed by atoms with Crippen LogP contribution < -0.4 is 0 Å². The Balaban J connectivity index is 1.92. The summed E-state index contributed by atoms with van der Waals surface area (Å²) in [5, 5.41) is 0. The molecular weight excluding hydrogens is 341 g/mol. The molecule has 2 rings (SSSR count). The van der Waals surface area contributed by atoms with Crippen LogP contribution in [-0.4, -0.2) is 51.9 Å². The summed E-state index contributed by atoms with van der Waals surface area (Å²) in [5.74, 6) is -3.17. The van der Waals surface area contributed by atoms with Crippen LogP contribution in [0.3, 0.4) is 0 Å². The van der Waals surface area contributed by atoms with E-state index in [-0.39, 0.29) is 12.3 Å². The minimum Gasteiger partial charge on any atom is -0.339 e. The molecule has 1 aliphatic heterocycles. The quantitative estimate of drug-likeness (QED) is 0.428. The summed E-state index contributed by atoms with van der Waals surface area (Å²) in [5.41, 5.74) is -1.43. The fourth-order valence-corrected chi connectivity index (χ4v) is 2.82. The van der Waals surface area contributed by atoms with Crippen LogP contribution in [0.1, 0.15) is 20.3 Å². The minimum absolute atomic E-state index is 0.290. The van der Waals surface area contributed by atoms with Gasteiger partial charge in [0.15, 0.2) is 0 Å². The number of hydrogen-bond acceptors (Lipinski definition) is 2. The lowest BCUT2D eigenvalue weighted by molar-refractivity contribution is -0.142. The molecule has 0 aromatic heterocycles. The number of halogens is 3. The summed E-state index contributed by atoms with van der Waals surface area (Å²) in [7, 11) is 0. The zero-order valence-electron chi connectivity index (χ0n) is 10.0. The number of nitrogens with zero attached hydrogens (tertiary/aromatic N) is 2. The SMILES string of the molecule is C[C@@H](I)N1CCN(C(=O)[C@]2(C)CC2(F)F)CC1. The maximum absolute atomic E-state index is 13.1. The van der Waals surface area contributed by atoms with Crippen LogP contribution in [0.15, 0.2) is 0 Å². The van der Waals surface area contributed by atoms with Gasteiger partial charge in [-0.15, -0.1) is 0 Å². The fourth-order valence-electron chi connectivity index (χ4n) is 2.26. The average molecular weight is 358 g/mol. The molecule has 0 aromatic rings. The van der Waals surface area contributed by atoms with E-state index in [9.17, 15) is 13.6 Å². The number of hydrogen-bond donors (Lipinski definition) is 0. The lowest BCUT2D eigenvalue weighted by Gasteiger charge is -2.37. The van der Waals surface area contributed by atoms with Crippen molar-refractivity contribution in [1.29, 1.82) is 0 Å². The number of piperazine rings is 1. The molecule has 1 saturated carbocycles. The van der Waals surface area contributed by atoms with Crippen LogP contribution in [0.2, 0.25) is 0 Å². The highest BCUT2D eigenvalue weighted by Crippen LogP contribution is 2.61. The van der Waals surface area contributed by atoms with Crippen molar-refractivity contribution >= 4 is 28.5 Å². The molecule has 2 atom stereocenters. The van der Waals surface area contributed by atoms with Crippen molar-refractivity contribution < 1.29 is 13.6 Å². The van der Waals surface area contributed by atoms with Gasteiger partial charge in [-0.1, -0.05) is 22.6 Å². The lowest BCUT2D eigenvalue weighted by Crippen LogP contribution is -2.52. The van der Waals surface area contributed by atoms with Crippen molar-refractivity contribution in [2.24, 2.45) is 5.41 Å². The lowest BCUT2D eigenvalue weighted by atomic mass is 10.1. The van der Waals surface area contributed by atoms with Gasteiger partial charge >= 0.3 is 0 Å². The Morgan fingerprint density at radius 3 is 2.12 bits per heavy atom. The molecule has 0 unspecified atom stereocenters. The molecule has 0 aromatic carbocycles. The molecule has 0 spiro atoms. The summed E-state index contributed by atoms with van der Waals surface area (Å²) in [6, 6.07) is 0. The fraction of sp³-hybridized carbons (Fsp3) is 0.909. The number of rotatable bonds is 2. The van der Waals surface area contributed by atoms with Crippen LogP contribution in [0, 0.1) is 5.41 Å². The van der Waals surface area contributed by atoms with Gasteiger partial charge < -0.3 is 4.90 Å². The van der Waals surface area contributed by atoms with Crippen molar-refractivity contribution in [1.82, 2.24) is 9.80 Å². The number of alkyl halides is 3. The third kappa shape index (κ3) is 2.30. The van der Waals surface area contributed by atoms with E-state index in [1.165, 1.54) is 6.92 Å². The Morgan fingerprint density at radius 2 is 1.76 bits per heavy atom. The second-order valence-electron chi connectivity index (χ2n) is 5.12. The van der Waals surface area contributed by atoms with Gasteiger partial charge in [0, 0.05) is 32.6 Å². The predicted octanol–water partition coefficient (Wildman–Crippen LogP) is 1.96. The summed E-state index contributed by atoms with van der Waals surface area (Å²) in [4.78, 5) is 15.8. The van der Waals surface area contributed by atoms with E-state index in [4.69, 9.17) is 0 Å². The smallest absolute Gasteiger partial charge is 0.263 e. The Hall–Kier alpha value is 0.0200. The molecule has 0 N–H and O–H groups in total. The normalized spacial score (nSPS) is 34.5. The van der Waals surface area contributed by atoms with Gasteiger partial charge in [-0.05, 0) is 13.8 Å². The molecular formula is C11H17F2IN2O. The van der Waals surface area contributed by atoms with Gasteiger partial charge in [0.1, 0.15) is 5.41 Å². The largest absolute Gasteiger partial charge is 0.339 e. The summed E-state index contributed by atoms with van der Waals surface area (Å²) in [6.07, 6.45) is -0.290. The molecule has 1 heterocycles. The van der Waals surface area contributed by atoms with Crippen molar-refractivity contribution in [3.8, 4) is 0 Å². The van der Waals surface area contributed by atoms with E-state index >= 15 is 0 Å². The summed E-state index contributed by atoms with van der Waals surface area (Å²) < 4.78 is 26.7. The summed E-state index contributed by atoms with van der Waals surface area (Å²) >= 11 is 2.32. The molecule has 98 valence electrons. The first kappa shape index (κ1) is 13.5. The third-order valence-corrected chi connectivity index (χ3v) is 4.62.